The third-order valence-corrected chi connectivity index (χ3v) is 5.97. The van der Waals surface area contributed by atoms with Gasteiger partial charge in [0.2, 0.25) is 0 Å². The summed E-state index contributed by atoms with van der Waals surface area (Å²) in [5, 5.41) is 16.1. The first-order valence-electron chi connectivity index (χ1n) is 9.55. The van der Waals surface area contributed by atoms with Gasteiger partial charge in [0.1, 0.15) is 0 Å². The standard InChI is InChI=1S/C20H26ClN5O/c1-25-11-16(10-23-25)24-20-8-18(19(21)7-15(20)9-22)14-3-2-5-26(6-4-14)17-12-27-13-17/h7-11,14,17,22,24H,2-6,12-13H2,1H3. The van der Waals surface area contributed by atoms with Gasteiger partial charge in [-0.2, -0.15) is 5.10 Å². The maximum Gasteiger partial charge on any atom is 0.0770 e. The lowest BCUT2D eigenvalue weighted by Gasteiger charge is -2.36. The Balaban J connectivity index is 1.56. The number of ether oxygens (including phenoxy) is 1. The molecule has 2 fully saturated rings. The summed E-state index contributed by atoms with van der Waals surface area (Å²) >= 11 is 6.63. The van der Waals surface area contributed by atoms with Gasteiger partial charge in [0.05, 0.1) is 31.1 Å². The topological polar surface area (TPSA) is 66.2 Å². The number of halogens is 1. The van der Waals surface area contributed by atoms with Gasteiger partial charge >= 0.3 is 0 Å². The van der Waals surface area contributed by atoms with Crippen molar-refractivity contribution in [1.82, 2.24) is 14.7 Å². The molecule has 7 heteroatoms. The van der Waals surface area contributed by atoms with Gasteiger partial charge in [-0.3, -0.25) is 9.58 Å². The Morgan fingerprint density at radius 1 is 1.30 bits per heavy atom. The molecule has 144 valence electrons. The molecule has 1 unspecified atom stereocenters. The Morgan fingerprint density at radius 2 is 2.15 bits per heavy atom. The number of nitrogens with one attached hydrogen (secondary N) is 2. The van der Waals surface area contributed by atoms with Gasteiger partial charge in [-0.1, -0.05) is 11.6 Å². The van der Waals surface area contributed by atoms with Gasteiger partial charge in [0.15, 0.2) is 0 Å². The maximum atomic E-state index is 7.74. The normalized spacial score (nSPS) is 21.5. The molecule has 1 aromatic carbocycles. The zero-order valence-corrected chi connectivity index (χ0v) is 16.4. The second-order valence-electron chi connectivity index (χ2n) is 7.49. The van der Waals surface area contributed by atoms with Gasteiger partial charge in [0, 0.05) is 35.7 Å². The van der Waals surface area contributed by atoms with E-state index >= 15 is 0 Å². The molecule has 1 atom stereocenters. The summed E-state index contributed by atoms with van der Waals surface area (Å²) in [4.78, 5) is 2.57. The Bertz CT molecular complexity index is 817. The van der Waals surface area contributed by atoms with Crippen molar-refractivity contribution in [2.45, 2.75) is 31.2 Å². The van der Waals surface area contributed by atoms with Crippen LogP contribution in [0, 0.1) is 5.41 Å². The summed E-state index contributed by atoms with van der Waals surface area (Å²) < 4.78 is 7.12. The maximum absolute atomic E-state index is 7.74. The van der Waals surface area contributed by atoms with Crippen LogP contribution < -0.4 is 5.32 Å². The average molecular weight is 388 g/mol. The highest BCUT2D eigenvalue weighted by Crippen LogP contribution is 2.37. The number of hydrogen-bond acceptors (Lipinski definition) is 5. The number of aryl methyl sites for hydroxylation is 1. The lowest BCUT2D eigenvalue weighted by Crippen LogP contribution is -2.49. The van der Waals surface area contributed by atoms with E-state index in [1.807, 2.05) is 19.3 Å². The van der Waals surface area contributed by atoms with Crippen molar-refractivity contribution < 1.29 is 4.74 Å². The Hall–Kier alpha value is -1.89. The average Bonchev–Trinajstić information content (AvgIpc) is 2.87. The molecule has 0 aliphatic carbocycles. The summed E-state index contributed by atoms with van der Waals surface area (Å²) in [6.45, 7) is 3.98. The zero-order chi connectivity index (χ0) is 18.8. The van der Waals surface area contributed by atoms with Crippen LogP contribution in [-0.4, -0.2) is 53.2 Å². The number of nitrogens with zero attached hydrogens (tertiary/aromatic N) is 3. The molecule has 2 aliphatic rings. The van der Waals surface area contributed by atoms with Crippen LogP contribution in [-0.2, 0) is 11.8 Å². The van der Waals surface area contributed by atoms with Crippen molar-refractivity contribution in [3.63, 3.8) is 0 Å². The molecule has 2 saturated heterocycles. The highest BCUT2D eigenvalue weighted by molar-refractivity contribution is 6.32. The summed E-state index contributed by atoms with van der Waals surface area (Å²) in [7, 11) is 1.89. The SMILES string of the molecule is Cn1cc(Nc2cc(C3CCCN(C4COC4)CC3)c(Cl)cc2C=N)cn1. The Kier molecular flexibility index (Phi) is 5.48. The monoisotopic (exact) mass is 387 g/mol. The van der Waals surface area contributed by atoms with E-state index in [1.54, 1.807) is 10.9 Å². The fourth-order valence-corrected chi connectivity index (χ4v) is 4.34. The van der Waals surface area contributed by atoms with Crippen LogP contribution in [0.4, 0.5) is 11.4 Å². The number of hydrogen-bond donors (Lipinski definition) is 2. The molecule has 0 spiro atoms. The van der Waals surface area contributed by atoms with Crippen LogP contribution in [0.5, 0.6) is 0 Å². The van der Waals surface area contributed by atoms with Gasteiger partial charge < -0.3 is 15.5 Å². The summed E-state index contributed by atoms with van der Waals surface area (Å²) in [5.74, 6) is 0.442. The quantitative estimate of drug-likeness (QED) is 0.766. The van der Waals surface area contributed by atoms with Gasteiger partial charge in [-0.25, -0.2) is 0 Å². The summed E-state index contributed by atoms with van der Waals surface area (Å²) in [5.41, 5.74) is 3.78. The van der Waals surface area contributed by atoms with Crippen LogP contribution in [0.15, 0.2) is 24.5 Å². The van der Waals surface area contributed by atoms with Crippen molar-refractivity contribution in [2.75, 3.05) is 31.6 Å². The van der Waals surface area contributed by atoms with E-state index in [0.717, 1.165) is 61.1 Å². The van der Waals surface area contributed by atoms with E-state index in [0.29, 0.717) is 12.0 Å². The Morgan fingerprint density at radius 3 is 2.81 bits per heavy atom. The second-order valence-corrected chi connectivity index (χ2v) is 7.90. The minimum absolute atomic E-state index is 0.442. The number of anilines is 2. The van der Waals surface area contributed by atoms with Crippen LogP contribution in [0.25, 0.3) is 0 Å². The van der Waals surface area contributed by atoms with Crippen LogP contribution >= 0.6 is 11.6 Å². The highest BCUT2D eigenvalue weighted by Gasteiger charge is 2.29. The van der Waals surface area contributed by atoms with Crippen molar-refractivity contribution in [3.05, 3.63) is 40.7 Å². The van der Waals surface area contributed by atoms with E-state index in [2.05, 4.69) is 21.4 Å². The fourth-order valence-electron chi connectivity index (χ4n) is 4.02. The molecule has 0 bridgehead atoms. The highest BCUT2D eigenvalue weighted by atomic mass is 35.5. The molecule has 2 aromatic rings. The van der Waals surface area contributed by atoms with Crippen LogP contribution in [0.3, 0.4) is 0 Å². The number of benzene rings is 1. The minimum atomic E-state index is 0.442. The molecule has 1 aromatic heterocycles. The zero-order valence-electron chi connectivity index (χ0n) is 15.6. The molecule has 3 heterocycles. The fraction of sp³-hybridized carbons (Fsp3) is 0.500. The molecule has 2 N–H and O–H groups in total. The molecular weight excluding hydrogens is 362 g/mol. The van der Waals surface area contributed by atoms with Crippen molar-refractivity contribution >= 4 is 29.2 Å². The summed E-state index contributed by atoms with van der Waals surface area (Å²) in [6, 6.07) is 4.63. The smallest absolute Gasteiger partial charge is 0.0770 e. The van der Waals surface area contributed by atoms with Gasteiger partial charge in [-0.05, 0) is 56.0 Å². The van der Waals surface area contributed by atoms with Crippen LogP contribution in [0.2, 0.25) is 5.02 Å². The molecule has 4 rings (SSSR count). The molecule has 6 nitrogen and oxygen atoms in total. The van der Waals surface area contributed by atoms with E-state index in [4.69, 9.17) is 21.7 Å². The predicted molar refractivity (Wildman–Crippen MR) is 109 cm³/mol. The molecule has 0 saturated carbocycles. The first-order chi connectivity index (χ1) is 13.1. The first kappa shape index (κ1) is 18.5. The molecule has 0 radical (unpaired) electrons. The van der Waals surface area contributed by atoms with E-state index in [9.17, 15) is 0 Å². The minimum Gasteiger partial charge on any atom is -0.378 e. The molecular formula is C20H26ClN5O. The lowest BCUT2D eigenvalue weighted by atomic mass is 9.90. The van der Waals surface area contributed by atoms with E-state index < -0.39 is 0 Å². The van der Waals surface area contributed by atoms with E-state index in [-0.39, 0.29) is 0 Å². The molecule has 2 aliphatic heterocycles. The Labute approximate surface area is 165 Å². The molecule has 27 heavy (non-hydrogen) atoms. The number of rotatable bonds is 5. The molecule has 0 amide bonds. The largest absolute Gasteiger partial charge is 0.378 e. The number of likely N-dealkylation sites (tertiary alicyclic amines) is 1. The van der Waals surface area contributed by atoms with Gasteiger partial charge in [-0.15, -0.1) is 0 Å². The predicted octanol–water partition coefficient (Wildman–Crippen LogP) is 3.78. The van der Waals surface area contributed by atoms with Crippen molar-refractivity contribution in [3.8, 4) is 0 Å². The third-order valence-electron chi connectivity index (χ3n) is 5.65. The first-order valence-corrected chi connectivity index (χ1v) is 9.93. The third kappa shape index (κ3) is 4.03. The van der Waals surface area contributed by atoms with Crippen molar-refractivity contribution in [1.29, 1.82) is 5.41 Å². The van der Waals surface area contributed by atoms with E-state index in [1.165, 1.54) is 18.2 Å². The lowest BCUT2D eigenvalue weighted by molar-refractivity contribution is -0.0637. The summed E-state index contributed by atoms with van der Waals surface area (Å²) in [6.07, 6.45) is 8.47. The van der Waals surface area contributed by atoms with Crippen molar-refractivity contribution in [2.24, 2.45) is 7.05 Å². The van der Waals surface area contributed by atoms with Crippen LogP contribution in [0.1, 0.15) is 36.3 Å². The van der Waals surface area contributed by atoms with Gasteiger partial charge in [0.25, 0.3) is 0 Å². The number of aromatic nitrogens is 2. The second kappa shape index (κ2) is 8.00.